The maximum atomic E-state index is 14.2. The van der Waals surface area contributed by atoms with Crippen LogP contribution >= 0.6 is 23.2 Å². The number of rotatable bonds is 5. The zero-order valence-corrected chi connectivity index (χ0v) is 17.5. The number of halogens is 5. The fraction of sp³-hybridized carbons (Fsp3) is 0.333. The van der Waals surface area contributed by atoms with Gasteiger partial charge in [-0.15, -0.1) is 0 Å². The Hall–Kier alpha value is -2.25. The highest BCUT2D eigenvalue weighted by Crippen LogP contribution is 2.48. The van der Waals surface area contributed by atoms with Crippen molar-refractivity contribution in [2.24, 2.45) is 0 Å². The van der Waals surface area contributed by atoms with Gasteiger partial charge in [0.25, 0.3) is 0 Å². The number of hydrogen-bond acceptors (Lipinski definition) is 2. The van der Waals surface area contributed by atoms with Crippen molar-refractivity contribution in [3.8, 4) is 0 Å². The molecule has 1 aliphatic heterocycles. The van der Waals surface area contributed by atoms with Gasteiger partial charge in [-0.3, -0.25) is 4.79 Å². The number of hydroxylamine groups is 1. The number of carbonyl (C=O) groups excluding carboxylic acids is 1. The van der Waals surface area contributed by atoms with Crippen molar-refractivity contribution >= 4 is 34.8 Å². The predicted molar refractivity (Wildman–Crippen MR) is 110 cm³/mol. The summed E-state index contributed by atoms with van der Waals surface area (Å²) < 4.78 is 43.0. The lowest BCUT2D eigenvalue weighted by Crippen LogP contribution is -2.45. The van der Waals surface area contributed by atoms with E-state index in [1.165, 1.54) is 18.2 Å². The van der Waals surface area contributed by atoms with Crippen LogP contribution in [-0.2, 0) is 16.8 Å². The molecule has 1 atom stereocenters. The van der Waals surface area contributed by atoms with E-state index in [1.54, 1.807) is 31.2 Å². The fourth-order valence-corrected chi connectivity index (χ4v) is 4.06. The molecule has 1 aliphatic rings. The molecule has 2 aromatic rings. The van der Waals surface area contributed by atoms with Crippen LogP contribution in [-0.4, -0.2) is 29.1 Å². The van der Waals surface area contributed by atoms with Gasteiger partial charge in [-0.1, -0.05) is 42.3 Å². The Labute approximate surface area is 181 Å². The lowest BCUT2D eigenvalue weighted by Gasteiger charge is -2.29. The lowest BCUT2D eigenvalue weighted by molar-refractivity contribution is -0.465. The van der Waals surface area contributed by atoms with Crippen molar-refractivity contribution in [3.05, 3.63) is 74.4 Å². The molecule has 2 aromatic carbocycles. The SMILES string of the molecule is CCC(=O)NCc1ccc(C2=[N+]([O-])CC(c3cc(Cl)cc(Cl)c3)(C(F)(F)F)C2)cc1. The summed E-state index contributed by atoms with van der Waals surface area (Å²) >= 11 is 11.9. The van der Waals surface area contributed by atoms with Crippen molar-refractivity contribution in [2.45, 2.75) is 37.9 Å². The van der Waals surface area contributed by atoms with E-state index in [9.17, 15) is 23.2 Å². The minimum Gasteiger partial charge on any atom is -0.624 e. The molecule has 0 saturated carbocycles. The van der Waals surface area contributed by atoms with Crippen LogP contribution in [0.4, 0.5) is 13.2 Å². The first-order valence-corrected chi connectivity index (χ1v) is 10.0. The van der Waals surface area contributed by atoms with Gasteiger partial charge in [-0.2, -0.15) is 13.2 Å². The number of amides is 1. The number of alkyl halides is 3. The van der Waals surface area contributed by atoms with Crippen molar-refractivity contribution < 1.29 is 22.7 Å². The second-order valence-electron chi connectivity index (χ2n) is 7.23. The van der Waals surface area contributed by atoms with Crippen LogP contribution in [0.1, 0.15) is 36.5 Å². The Bertz CT molecular complexity index is 970. The van der Waals surface area contributed by atoms with Crippen LogP contribution in [0.3, 0.4) is 0 Å². The molecule has 0 bridgehead atoms. The first-order valence-electron chi connectivity index (χ1n) is 9.25. The van der Waals surface area contributed by atoms with E-state index in [4.69, 9.17) is 23.2 Å². The van der Waals surface area contributed by atoms with Crippen LogP contribution in [0.25, 0.3) is 0 Å². The smallest absolute Gasteiger partial charge is 0.405 e. The monoisotopic (exact) mass is 458 g/mol. The van der Waals surface area contributed by atoms with Gasteiger partial charge < -0.3 is 10.5 Å². The Balaban J connectivity index is 1.91. The molecule has 1 amide bonds. The van der Waals surface area contributed by atoms with E-state index in [1.807, 2.05) is 0 Å². The number of nitrogens with one attached hydrogen (secondary N) is 1. The van der Waals surface area contributed by atoms with Gasteiger partial charge in [0.15, 0.2) is 17.7 Å². The molecule has 0 spiro atoms. The third kappa shape index (κ3) is 4.42. The molecule has 160 valence electrons. The summed E-state index contributed by atoms with van der Waals surface area (Å²) in [4.78, 5) is 11.4. The number of hydrogen-bond donors (Lipinski definition) is 1. The second-order valence-corrected chi connectivity index (χ2v) is 8.10. The first-order chi connectivity index (χ1) is 14.1. The highest BCUT2D eigenvalue weighted by atomic mass is 35.5. The summed E-state index contributed by atoms with van der Waals surface area (Å²) in [5.74, 6) is -0.106. The van der Waals surface area contributed by atoms with Gasteiger partial charge in [-0.25, -0.2) is 4.74 Å². The normalized spacial score (nSPS) is 19.3. The van der Waals surface area contributed by atoms with Crippen molar-refractivity contribution in [1.29, 1.82) is 0 Å². The Kier molecular flexibility index (Phi) is 6.34. The molecule has 4 nitrogen and oxygen atoms in total. The zero-order valence-electron chi connectivity index (χ0n) is 16.0. The molecule has 0 aliphatic carbocycles. The molecule has 1 N–H and O–H groups in total. The Morgan fingerprint density at radius 1 is 1.17 bits per heavy atom. The maximum absolute atomic E-state index is 14.2. The fourth-order valence-electron chi connectivity index (χ4n) is 3.53. The number of nitrogens with zero attached hydrogens (tertiary/aromatic N) is 1. The molecule has 0 saturated heterocycles. The topological polar surface area (TPSA) is 55.2 Å². The largest absolute Gasteiger partial charge is 0.624 e. The average Bonchev–Trinajstić information content (AvgIpc) is 3.04. The lowest BCUT2D eigenvalue weighted by atomic mass is 9.76. The van der Waals surface area contributed by atoms with Crippen LogP contribution in [0.2, 0.25) is 10.0 Å². The Morgan fingerprint density at radius 3 is 2.30 bits per heavy atom. The van der Waals surface area contributed by atoms with E-state index in [0.717, 1.165) is 5.56 Å². The van der Waals surface area contributed by atoms with Gasteiger partial charge in [0.2, 0.25) is 5.91 Å². The van der Waals surface area contributed by atoms with Gasteiger partial charge in [0.1, 0.15) is 0 Å². The highest BCUT2D eigenvalue weighted by molar-refractivity contribution is 6.34. The number of carbonyl (C=O) groups is 1. The first kappa shape index (κ1) is 22.4. The summed E-state index contributed by atoms with van der Waals surface area (Å²) in [7, 11) is 0. The summed E-state index contributed by atoms with van der Waals surface area (Å²) in [6.07, 6.45) is -4.85. The summed E-state index contributed by atoms with van der Waals surface area (Å²) in [6, 6.07) is 10.3. The van der Waals surface area contributed by atoms with Crippen LogP contribution in [0.15, 0.2) is 42.5 Å². The van der Waals surface area contributed by atoms with Crippen LogP contribution in [0, 0.1) is 5.21 Å². The molecule has 9 heteroatoms. The van der Waals surface area contributed by atoms with Crippen molar-refractivity contribution in [2.75, 3.05) is 6.54 Å². The van der Waals surface area contributed by atoms with E-state index in [2.05, 4.69) is 5.32 Å². The molecule has 3 rings (SSSR count). The second kappa shape index (κ2) is 8.47. The summed E-state index contributed by atoms with van der Waals surface area (Å²) in [6.45, 7) is 1.26. The molecular formula is C21H19Cl2F3N2O2. The van der Waals surface area contributed by atoms with Crippen molar-refractivity contribution in [3.63, 3.8) is 0 Å². The third-order valence-corrected chi connectivity index (χ3v) is 5.68. The Morgan fingerprint density at radius 2 is 1.77 bits per heavy atom. The van der Waals surface area contributed by atoms with Gasteiger partial charge in [-0.05, 0) is 41.5 Å². The standard InChI is InChI=1S/C21H19Cl2F3N2O2/c1-2-19(29)27-11-13-3-5-14(6-4-13)18-10-20(12-28(18)30,21(24,25)26)15-7-16(22)9-17(23)8-15/h3-9H,2,10-12H2,1H3,(H,27,29). The van der Waals surface area contributed by atoms with Crippen molar-refractivity contribution in [1.82, 2.24) is 5.32 Å². The predicted octanol–water partition coefficient (Wildman–Crippen LogP) is 5.22. The minimum absolute atomic E-state index is 0.0348. The maximum Gasteiger partial charge on any atom is 0.405 e. The molecule has 1 heterocycles. The number of benzene rings is 2. The van der Waals surface area contributed by atoms with E-state index in [-0.39, 0.29) is 27.2 Å². The molecule has 0 radical (unpaired) electrons. The highest BCUT2D eigenvalue weighted by Gasteiger charge is 2.63. The van der Waals surface area contributed by atoms with Crippen LogP contribution < -0.4 is 5.32 Å². The van der Waals surface area contributed by atoms with Gasteiger partial charge in [0.05, 0.1) is 6.42 Å². The molecule has 30 heavy (non-hydrogen) atoms. The summed E-state index contributed by atoms with van der Waals surface area (Å²) in [5, 5.41) is 15.4. The molecular weight excluding hydrogens is 440 g/mol. The minimum atomic E-state index is -4.68. The summed E-state index contributed by atoms with van der Waals surface area (Å²) in [5.41, 5.74) is -1.34. The third-order valence-electron chi connectivity index (χ3n) is 5.24. The molecule has 0 fully saturated rings. The van der Waals surface area contributed by atoms with E-state index in [0.29, 0.717) is 23.3 Å². The quantitative estimate of drug-likeness (QED) is 0.492. The van der Waals surface area contributed by atoms with Gasteiger partial charge in [0, 0.05) is 28.6 Å². The zero-order chi connectivity index (χ0) is 22.1. The molecule has 1 unspecified atom stereocenters. The van der Waals surface area contributed by atoms with Gasteiger partial charge >= 0.3 is 6.18 Å². The van der Waals surface area contributed by atoms with E-state index >= 15 is 0 Å². The molecule has 0 aromatic heterocycles. The van der Waals surface area contributed by atoms with E-state index < -0.39 is 24.6 Å². The average molecular weight is 459 g/mol. The van der Waals surface area contributed by atoms with Crippen LogP contribution in [0.5, 0.6) is 0 Å².